The number of ether oxygens (including phenoxy) is 1. The lowest BCUT2D eigenvalue weighted by Crippen LogP contribution is -2.51. The Morgan fingerprint density at radius 3 is 2.50 bits per heavy atom. The summed E-state index contributed by atoms with van der Waals surface area (Å²) in [5, 5.41) is 27.3. The number of hydrogen-bond donors (Lipinski definition) is 3. The smallest absolute Gasteiger partial charge is 0.322 e. The molecule has 1 aromatic carbocycles. The molecule has 0 spiro atoms. The van der Waals surface area contributed by atoms with Gasteiger partial charge in [-0.15, -0.1) is 0 Å². The van der Waals surface area contributed by atoms with Crippen molar-refractivity contribution in [2.24, 2.45) is 17.8 Å². The molecule has 188 valence electrons. The molecular formula is C25H37N3O6. The normalized spacial score (nSPS) is 27.1. The summed E-state index contributed by atoms with van der Waals surface area (Å²) in [7, 11) is 0. The summed E-state index contributed by atoms with van der Waals surface area (Å²) < 4.78 is 6.35. The molecule has 0 aromatic heterocycles. The van der Waals surface area contributed by atoms with Gasteiger partial charge in [0, 0.05) is 4.92 Å². The van der Waals surface area contributed by atoms with Crippen LogP contribution >= 0.6 is 0 Å². The van der Waals surface area contributed by atoms with E-state index in [1.54, 1.807) is 0 Å². The topological polar surface area (TPSA) is 131 Å². The maximum absolute atomic E-state index is 13.1. The van der Waals surface area contributed by atoms with Gasteiger partial charge in [0.25, 0.3) is 0 Å². The van der Waals surface area contributed by atoms with Crippen molar-refractivity contribution >= 4 is 11.9 Å². The quantitative estimate of drug-likeness (QED) is 0.331. The van der Waals surface area contributed by atoms with Gasteiger partial charge in [-0.25, -0.2) is 0 Å². The molecular weight excluding hydrogens is 438 g/mol. The number of nitro groups is 1. The van der Waals surface area contributed by atoms with Crippen LogP contribution in [0.2, 0.25) is 0 Å². The van der Waals surface area contributed by atoms with Crippen molar-refractivity contribution in [1.29, 1.82) is 0 Å². The molecule has 3 N–H and O–H groups in total. The lowest BCUT2D eigenvalue weighted by molar-refractivity contribution is -0.536. The van der Waals surface area contributed by atoms with E-state index >= 15 is 0 Å². The van der Waals surface area contributed by atoms with Gasteiger partial charge in [-0.2, -0.15) is 0 Å². The number of nitrogens with zero attached hydrogens (tertiary/aromatic N) is 1. The van der Waals surface area contributed by atoms with E-state index in [9.17, 15) is 19.7 Å². The number of rotatable bonds is 11. The average Bonchev–Trinajstić information content (AvgIpc) is 3.24. The number of nitrogens with one attached hydrogen (secondary N) is 2. The molecule has 0 radical (unpaired) electrons. The third-order valence-corrected chi connectivity index (χ3v) is 7.49. The van der Waals surface area contributed by atoms with Gasteiger partial charge in [0.05, 0.1) is 30.7 Å². The monoisotopic (exact) mass is 475 g/mol. The van der Waals surface area contributed by atoms with Crippen LogP contribution < -0.4 is 10.6 Å². The van der Waals surface area contributed by atoms with E-state index < -0.39 is 48.6 Å². The number of carboxylic acid groups (broad SMARTS) is 1. The second-order valence-electron chi connectivity index (χ2n) is 9.68. The lowest BCUT2D eigenvalue weighted by Gasteiger charge is -2.33. The van der Waals surface area contributed by atoms with Crippen LogP contribution in [0, 0.1) is 27.9 Å². The van der Waals surface area contributed by atoms with Crippen molar-refractivity contribution in [2.45, 2.75) is 83.2 Å². The highest BCUT2D eigenvalue weighted by Crippen LogP contribution is 2.39. The van der Waals surface area contributed by atoms with E-state index in [2.05, 4.69) is 10.6 Å². The molecule has 1 amide bonds. The predicted octanol–water partition coefficient (Wildman–Crippen LogP) is 3.00. The van der Waals surface area contributed by atoms with Crippen LogP contribution in [0.1, 0.15) is 57.9 Å². The third kappa shape index (κ3) is 6.33. The molecule has 2 fully saturated rings. The molecule has 1 aromatic rings. The van der Waals surface area contributed by atoms with Crippen molar-refractivity contribution in [2.75, 3.05) is 6.54 Å². The Balaban J connectivity index is 1.94. The molecule has 1 saturated heterocycles. The molecule has 1 aliphatic carbocycles. The molecule has 6 atom stereocenters. The molecule has 1 aliphatic heterocycles. The number of carbonyl (C=O) groups excluding carboxylic acids is 1. The summed E-state index contributed by atoms with van der Waals surface area (Å²) >= 11 is 0. The Morgan fingerprint density at radius 1 is 1.24 bits per heavy atom. The summed E-state index contributed by atoms with van der Waals surface area (Å²) in [4.78, 5) is 36.4. The largest absolute Gasteiger partial charge is 0.480 e. The fourth-order valence-electron chi connectivity index (χ4n) is 5.59. The highest BCUT2D eigenvalue weighted by atomic mass is 16.6. The Morgan fingerprint density at radius 2 is 1.91 bits per heavy atom. The van der Waals surface area contributed by atoms with Crippen LogP contribution in [0.5, 0.6) is 0 Å². The van der Waals surface area contributed by atoms with Crippen molar-refractivity contribution < 1.29 is 24.4 Å². The highest BCUT2D eigenvalue weighted by molar-refractivity contribution is 5.86. The van der Waals surface area contributed by atoms with Gasteiger partial charge in [-0.05, 0) is 30.2 Å². The first-order valence-corrected chi connectivity index (χ1v) is 12.4. The summed E-state index contributed by atoms with van der Waals surface area (Å²) in [6.07, 6.45) is 5.13. The predicted molar refractivity (Wildman–Crippen MR) is 127 cm³/mol. The summed E-state index contributed by atoms with van der Waals surface area (Å²) in [5.41, 5.74) is 0.954. The van der Waals surface area contributed by atoms with Gasteiger partial charge >= 0.3 is 5.97 Å². The molecule has 1 heterocycles. The van der Waals surface area contributed by atoms with E-state index in [1.165, 1.54) is 0 Å². The first kappa shape index (κ1) is 26.1. The molecule has 9 heteroatoms. The Hall–Kier alpha value is -2.52. The minimum absolute atomic E-state index is 0.0298. The van der Waals surface area contributed by atoms with E-state index in [0.29, 0.717) is 0 Å². The molecule has 3 rings (SSSR count). The first-order chi connectivity index (χ1) is 16.3. The Bertz CT molecular complexity index is 829. The second kappa shape index (κ2) is 12.3. The van der Waals surface area contributed by atoms with Gasteiger partial charge < -0.3 is 15.2 Å². The van der Waals surface area contributed by atoms with Gasteiger partial charge in [0.1, 0.15) is 6.54 Å². The number of hydrogen-bond acceptors (Lipinski definition) is 6. The van der Waals surface area contributed by atoms with E-state index in [0.717, 1.165) is 44.1 Å². The van der Waals surface area contributed by atoms with Gasteiger partial charge in [-0.1, -0.05) is 69.9 Å². The molecule has 34 heavy (non-hydrogen) atoms. The van der Waals surface area contributed by atoms with Crippen molar-refractivity contribution in [3.8, 4) is 0 Å². The number of amides is 1. The maximum Gasteiger partial charge on any atom is 0.322 e. The fourth-order valence-corrected chi connectivity index (χ4v) is 5.59. The third-order valence-electron chi connectivity index (χ3n) is 7.49. The zero-order valence-corrected chi connectivity index (χ0v) is 20.0. The van der Waals surface area contributed by atoms with Crippen LogP contribution in [0.15, 0.2) is 30.3 Å². The minimum atomic E-state index is -1.16. The Kier molecular flexibility index (Phi) is 9.41. The molecule has 2 aliphatic rings. The van der Waals surface area contributed by atoms with Crippen molar-refractivity contribution in [3.63, 3.8) is 0 Å². The number of carbonyl (C=O) groups is 2. The molecule has 9 nitrogen and oxygen atoms in total. The van der Waals surface area contributed by atoms with E-state index in [-0.39, 0.29) is 23.4 Å². The minimum Gasteiger partial charge on any atom is -0.480 e. The number of aliphatic carboxylic acids is 1. The van der Waals surface area contributed by atoms with Crippen LogP contribution in [0.3, 0.4) is 0 Å². The Labute approximate surface area is 200 Å². The SMILES string of the molecule is CC[C@H](C)[C@H](OCc1ccccc1)[C@H]1[C@H]([N+](=O)[O-])[C@H](C2CCCCC2)N[C@@H]1C(=O)NCC(=O)O. The number of benzene rings is 1. The molecule has 0 unspecified atom stereocenters. The molecule has 1 saturated carbocycles. The highest BCUT2D eigenvalue weighted by Gasteiger charge is 2.58. The van der Waals surface area contributed by atoms with Crippen molar-refractivity contribution in [3.05, 3.63) is 46.0 Å². The fraction of sp³-hybridized carbons (Fsp3) is 0.680. The van der Waals surface area contributed by atoms with E-state index in [1.807, 2.05) is 44.2 Å². The first-order valence-electron chi connectivity index (χ1n) is 12.4. The van der Waals surface area contributed by atoms with Gasteiger partial charge in [-0.3, -0.25) is 25.0 Å². The standard InChI is InChI=1S/C25H37N3O6/c1-3-16(2)24(34-15-17-10-6-4-7-11-17)20-22(25(31)26-14-19(29)30)27-21(23(20)28(32)33)18-12-8-5-9-13-18/h4,6-7,10-11,16,18,20-24,27H,3,5,8-9,12-15H2,1-2H3,(H,26,31)(H,29,30)/t16-,20+,21-,22-,23-,24-/m0/s1. The zero-order valence-electron chi connectivity index (χ0n) is 20.0. The number of carboxylic acids is 1. The second-order valence-corrected chi connectivity index (χ2v) is 9.68. The van der Waals surface area contributed by atoms with Crippen LogP contribution in [-0.4, -0.2) is 52.7 Å². The average molecular weight is 476 g/mol. The van der Waals surface area contributed by atoms with Crippen LogP contribution in [0.25, 0.3) is 0 Å². The summed E-state index contributed by atoms with van der Waals surface area (Å²) in [6, 6.07) is 7.28. The van der Waals surface area contributed by atoms with Crippen molar-refractivity contribution in [1.82, 2.24) is 10.6 Å². The summed E-state index contributed by atoms with van der Waals surface area (Å²) in [5.74, 6) is -2.31. The molecule has 0 bridgehead atoms. The zero-order chi connectivity index (χ0) is 24.7. The van der Waals surface area contributed by atoms with Crippen LogP contribution in [-0.2, 0) is 20.9 Å². The lowest BCUT2D eigenvalue weighted by atomic mass is 9.76. The van der Waals surface area contributed by atoms with E-state index in [4.69, 9.17) is 9.84 Å². The maximum atomic E-state index is 13.1. The van der Waals surface area contributed by atoms with Gasteiger partial charge in [0.15, 0.2) is 0 Å². The van der Waals surface area contributed by atoms with Crippen LogP contribution in [0.4, 0.5) is 0 Å². The van der Waals surface area contributed by atoms with Gasteiger partial charge in [0.2, 0.25) is 11.9 Å². The summed E-state index contributed by atoms with van der Waals surface area (Å²) in [6.45, 7) is 3.76.